The first-order chi connectivity index (χ1) is 10.1. The van der Waals surface area contributed by atoms with E-state index >= 15 is 0 Å². The molecule has 2 rings (SSSR count). The summed E-state index contributed by atoms with van der Waals surface area (Å²) in [5.41, 5.74) is 0. The van der Waals surface area contributed by atoms with Crippen LogP contribution in [0.15, 0.2) is 0 Å². The van der Waals surface area contributed by atoms with Gasteiger partial charge in [-0.15, -0.1) is 0 Å². The van der Waals surface area contributed by atoms with Crippen LogP contribution in [0, 0.1) is 0 Å². The minimum atomic E-state index is -0.860. The van der Waals surface area contributed by atoms with Crippen molar-refractivity contribution in [2.75, 3.05) is 26.2 Å². The standard InChI is InChI=1S/C14H23N3O4/c18-12(5-1-2-6-13(19)20)15-14(21)17-9-8-16-7-3-4-11(16)10-17/h11H,1-10H2,(H,19,20)(H,15,18,21). The third-order valence-corrected chi connectivity index (χ3v) is 4.17. The maximum atomic E-state index is 12.0. The lowest BCUT2D eigenvalue weighted by Gasteiger charge is -2.37. The van der Waals surface area contributed by atoms with Gasteiger partial charge in [-0.3, -0.25) is 19.8 Å². The third kappa shape index (κ3) is 4.70. The van der Waals surface area contributed by atoms with Crippen molar-refractivity contribution in [1.82, 2.24) is 15.1 Å². The van der Waals surface area contributed by atoms with Crippen molar-refractivity contribution in [1.29, 1.82) is 0 Å². The summed E-state index contributed by atoms with van der Waals surface area (Å²) in [7, 11) is 0. The lowest BCUT2D eigenvalue weighted by atomic mass is 10.1. The minimum absolute atomic E-state index is 0.0604. The van der Waals surface area contributed by atoms with Gasteiger partial charge in [0.2, 0.25) is 5.91 Å². The van der Waals surface area contributed by atoms with Crippen molar-refractivity contribution in [3.05, 3.63) is 0 Å². The summed E-state index contributed by atoms with van der Waals surface area (Å²) >= 11 is 0. The van der Waals surface area contributed by atoms with Crippen LogP contribution >= 0.6 is 0 Å². The molecule has 21 heavy (non-hydrogen) atoms. The van der Waals surface area contributed by atoms with Gasteiger partial charge in [0.15, 0.2) is 0 Å². The highest BCUT2D eigenvalue weighted by Crippen LogP contribution is 2.21. The molecule has 2 aliphatic rings. The highest BCUT2D eigenvalue weighted by molar-refractivity contribution is 5.94. The van der Waals surface area contributed by atoms with Gasteiger partial charge in [-0.05, 0) is 32.2 Å². The van der Waals surface area contributed by atoms with Crippen LogP contribution in [0.3, 0.4) is 0 Å². The van der Waals surface area contributed by atoms with Gasteiger partial charge in [-0.25, -0.2) is 4.79 Å². The average Bonchev–Trinajstić information content (AvgIpc) is 2.90. The molecule has 0 bridgehead atoms. The molecule has 0 spiro atoms. The van der Waals surface area contributed by atoms with Crippen LogP contribution in [0.4, 0.5) is 4.79 Å². The van der Waals surface area contributed by atoms with Gasteiger partial charge in [-0.2, -0.15) is 0 Å². The summed E-state index contributed by atoms with van der Waals surface area (Å²) in [5.74, 6) is -1.18. The fraction of sp³-hybridized carbons (Fsp3) is 0.786. The van der Waals surface area contributed by atoms with Gasteiger partial charge in [-0.1, -0.05) is 0 Å². The number of piperazine rings is 1. The van der Waals surface area contributed by atoms with Gasteiger partial charge in [0.25, 0.3) is 0 Å². The Balaban J connectivity index is 1.66. The van der Waals surface area contributed by atoms with Gasteiger partial charge in [0, 0.05) is 38.5 Å². The smallest absolute Gasteiger partial charge is 0.324 e. The molecule has 7 heteroatoms. The van der Waals surface area contributed by atoms with E-state index in [1.165, 1.54) is 6.42 Å². The van der Waals surface area contributed by atoms with Crippen LogP contribution in [-0.4, -0.2) is 65.0 Å². The molecule has 0 aromatic heterocycles. The molecule has 3 amide bonds. The van der Waals surface area contributed by atoms with E-state index in [0.717, 1.165) is 19.5 Å². The number of amides is 3. The van der Waals surface area contributed by atoms with Crippen molar-refractivity contribution in [2.24, 2.45) is 0 Å². The number of carbonyl (C=O) groups is 3. The number of hydrogen-bond acceptors (Lipinski definition) is 4. The van der Waals surface area contributed by atoms with Crippen LogP contribution in [0.2, 0.25) is 0 Å². The SMILES string of the molecule is O=C(O)CCCCC(=O)NC(=O)N1CCN2CCCC2C1. The second-order valence-electron chi connectivity index (χ2n) is 5.73. The van der Waals surface area contributed by atoms with E-state index in [1.54, 1.807) is 4.90 Å². The maximum Gasteiger partial charge on any atom is 0.324 e. The Hall–Kier alpha value is -1.63. The first kappa shape index (κ1) is 15.8. The number of unbranched alkanes of at least 4 members (excludes halogenated alkanes) is 1. The van der Waals surface area contributed by atoms with Crippen molar-refractivity contribution < 1.29 is 19.5 Å². The maximum absolute atomic E-state index is 12.0. The average molecular weight is 297 g/mol. The number of carboxylic acids is 1. The minimum Gasteiger partial charge on any atom is -0.481 e. The number of fused-ring (bicyclic) bond motifs is 1. The van der Waals surface area contributed by atoms with E-state index in [-0.39, 0.29) is 24.8 Å². The van der Waals surface area contributed by atoms with Crippen LogP contribution in [0.5, 0.6) is 0 Å². The van der Waals surface area contributed by atoms with E-state index in [4.69, 9.17) is 5.11 Å². The molecule has 118 valence electrons. The summed E-state index contributed by atoms with van der Waals surface area (Å²) in [6.07, 6.45) is 3.50. The van der Waals surface area contributed by atoms with Gasteiger partial charge >= 0.3 is 12.0 Å². The molecular formula is C14H23N3O4. The zero-order valence-corrected chi connectivity index (χ0v) is 12.2. The highest BCUT2D eigenvalue weighted by atomic mass is 16.4. The number of aliphatic carboxylic acids is 1. The second kappa shape index (κ2) is 7.40. The van der Waals surface area contributed by atoms with E-state index in [1.807, 2.05) is 0 Å². The Bertz CT molecular complexity index is 413. The number of carboxylic acid groups (broad SMARTS) is 1. The van der Waals surface area contributed by atoms with Crippen LogP contribution in [-0.2, 0) is 9.59 Å². The normalized spacial score (nSPS) is 21.9. The van der Waals surface area contributed by atoms with Gasteiger partial charge in [0.05, 0.1) is 0 Å². The Kier molecular flexibility index (Phi) is 5.55. The number of nitrogens with one attached hydrogen (secondary N) is 1. The monoisotopic (exact) mass is 297 g/mol. The molecule has 1 unspecified atom stereocenters. The topological polar surface area (TPSA) is 89.9 Å². The Morgan fingerprint density at radius 2 is 1.86 bits per heavy atom. The number of imide groups is 1. The van der Waals surface area contributed by atoms with Crippen LogP contribution in [0.25, 0.3) is 0 Å². The lowest BCUT2D eigenvalue weighted by molar-refractivity contribution is -0.137. The van der Waals surface area contributed by atoms with Crippen LogP contribution < -0.4 is 5.32 Å². The number of urea groups is 1. The van der Waals surface area contributed by atoms with Crippen molar-refractivity contribution in [3.63, 3.8) is 0 Å². The summed E-state index contributed by atoms with van der Waals surface area (Å²) < 4.78 is 0. The molecule has 2 fully saturated rings. The largest absolute Gasteiger partial charge is 0.481 e. The van der Waals surface area contributed by atoms with Gasteiger partial charge < -0.3 is 10.0 Å². The van der Waals surface area contributed by atoms with Crippen molar-refractivity contribution in [2.45, 2.75) is 44.6 Å². The molecule has 2 N–H and O–H groups in total. The molecule has 0 radical (unpaired) electrons. The highest BCUT2D eigenvalue weighted by Gasteiger charge is 2.32. The van der Waals surface area contributed by atoms with E-state index < -0.39 is 5.97 Å². The molecule has 1 atom stereocenters. The molecule has 7 nitrogen and oxygen atoms in total. The Morgan fingerprint density at radius 3 is 2.62 bits per heavy atom. The number of carbonyl (C=O) groups excluding carboxylic acids is 2. The summed E-state index contributed by atoms with van der Waals surface area (Å²) in [6, 6.07) is 0.125. The fourth-order valence-electron chi connectivity index (χ4n) is 3.00. The first-order valence-corrected chi connectivity index (χ1v) is 7.61. The summed E-state index contributed by atoms with van der Waals surface area (Å²) in [5, 5.41) is 10.9. The first-order valence-electron chi connectivity index (χ1n) is 7.61. The number of rotatable bonds is 5. The molecule has 2 saturated heterocycles. The van der Waals surface area contributed by atoms with E-state index in [2.05, 4.69) is 10.2 Å². The Morgan fingerprint density at radius 1 is 1.10 bits per heavy atom. The van der Waals surface area contributed by atoms with Crippen LogP contribution in [0.1, 0.15) is 38.5 Å². The van der Waals surface area contributed by atoms with E-state index in [0.29, 0.717) is 32.0 Å². The predicted octanol–water partition coefficient (Wildman–Crippen LogP) is 0.648. The quantitative estimate of drug-likeness (QED) is 0.727. The lowest BCUT2D eigenvalue weighted by Crippen LogP contribution is -2.55. The number of hydrogen-bond donors (Lipinski definition) is 2. The predicted molar refractivity (Wildman–Crippen MR) is 75.8 cm³/mol. The molecular weight excluding hydrogens is 274 g/mol. The van der Waals surface area contributed by atoms with Crippen molar-refractivity contribution >= 4 is 17.9 Å². The third-order valence-electron chi connectivity index (χ3n) is 4.17. The molecule has 2 aliphatic heterocycles. The molecule has 0 aliphatic carbocycles. The second-order valence-corrected chi connectivity index (χ2v) is 5.73. The number of nitrogens with zero attached hydrogens (tertiary/aromatic N) is 2. The summed E-state index contributed by atoms with van der Waals surface area (Å²) in [4.78, 5) is 38.1. The zero-order valence-electron chi connectivity index (χ0n) is 12.2. The van der Waals surface area contributed by atoms with Crippen molar-refractivity contribution in [3.8, 4) is 0 Å². The fourth-order valence-corrected chi connectivity index (χ4v) is 3.00. The van der Waals surface area contributed by atoms with Gasteiger partial charge in [0.1, 0.15) is 0 Å². The zero-order chi connectivity index (χ0) is 15.2. The Labute approximate surface area is 124 Å². The van der Waals surface area contributed by atoms with E-state index in [9.17, 15) is 14.4 Å². The summed E-state index contributed by atoms with van der Waals surface area (Å²) in [6.45, 7) is 3.35. The molecule has 0 aromatic rings. The molecule has 0 saturated carbocycles. The molecule has 2 heterocycles. The molecule has 0 aromatic carbocycles.